The average molecular weight is 221 g/mol. The van der Waals surface area contributed by atoms with E-state index in [0.29, 0.717) is 0 Å². The maximum atomic E-state index is 3.42. The molecule has 1 N–H and O–H groups in total. The number of fused-ring (bicyclic) bond motifs is 2. The Morgan fingerprint density at radius 1 is 0.765 bits per heavy atom. The topological polar surface area (TPSA) is 12.0 Å². The summed E-state index contributed by atoms with van der Waals surface area (Å²) in [4.78, 5) is 0. The predicted octanol–water partition coefficient (Wildman–Crippen LogP) is 3.48. The van der Waals surface area contributed by atoms with Gasteiger partial charge in [0.15, 0.2) is 0 Å². The molecule has 0 heterocycles. The van der Waals surface area contributed by atoms with Crippen molar-refractivity contribution in [1.82, 2.24) is 5.32 Å². The molecule has 0 atom stereocenters. The van der Waals surface area contributed by atoms with Crippen molar-refractivity contribution in [2.24, 2.45) is 0 Å². The highest BCUT2D eigenvalue weighted by atomic mass is 14.9. The molecule has 2 aromatic carbocycles. The predicted molar refractivity (Wildman–Crippen MR) is 72.7 cm³/mol. The van der Waals surface area contributed by atoms with Gasteiger partial charge < -0.3 is 5.32 Å². The van der Waals surface area contributed by atoms with E-state index in [1.807, 2.05) is 7.05 Å². The summed E-state index contributed by atoms with van der Waals surface area (Å²) in [5, 5.41) is 3.42. The first-order chi connectivity index (χ1) is 8.40. The lowest BCUT2D eigenvalue weighted by molar-refractivity contribution is 0.690. The highest BCUT2D eigenvalue weighted by Gasteiger charge is 2.18. The highest BCUT2D eigenvalue weighted by molar-refractivity contribution is 5.76. The average Bonchev–Trinajstić information content (AvgIpc) is 2.55. The second kappa shape index (κ2) is 4.19. The molecule has 0 aromatic heterocycles. The zero-order valence-electron chi connectivity index (χ0n) is 9.85. The maximum Gasteiger partial charge on any atom is 0.0586 e. The van der Waals surface area contributed by atoms with Gasteiger partial charge in [-0.2, -0.15) is 0 Å². The van der Waals surface area contributed by atoms with E-state index in [1.165, 1.54) is 22.3 Å². The van der Waals surface area contributed by atoms with E-state index in [-0.39, 0.29) is 6.04 Å². The Hall–Kier alpha value is -1.86. The molecule has 84 valence electrons. The fourth-order valence-electron chi connectivity index (χ4n) is 2.51. The van der Waals surface area contributed by atoms with Gasteiger partial charge in [0.1, 0.15) is 0 Å². The SMILES string of the molecule is CNC1c2ccccc2C=Cc2ccccc21. The number of nitrogens with one attached hydrogen (secondary N) is 1. The number of hydrogen-bond acceptors (Lipinski definition) is 1. The molecule has 1 heteroatoms. The third-order valence-electron chi connectivity index (χ3n) is 3.35. The molecule has 0 saturated carbocycles. The summed E-state index contributed by atoms with van der Waals surface area (Å²) in [5.41, 5.74) is 5.28. The molecule has 1 nitrogen and oxygen atoms in total. The van der Waals surface area contributed by atoms with Crippen LogP contribution in [-0.4, -0.2) is 7.05 Å². The van der Waals surface area contributed by atoms with Gasteiger partial charge in [0, 0.05) is 0 Å². The number of rotatable bonds is 1. The van der Waals surface area contributed by atoms with Gasteiger partial charge >= 0.3 is 0 Å². The van der Waals surface area contributed by atoms with Crippen molar-refractivity contribution in [2.45, 2.75) is 6.04 Å². The van der Waals surface area contributed by atoms with Crippen LogP contribution in [0.5, 0.6) is 0 Å². The fraction of sp³-hybridized carbons (Fsp3) is 0.125. The fourth-order valence-corrected chi connectivity index (χ4v) is 2.51. The van der Waals surface area contributed by atoms with Crippen LogP contribution >= 0.6 is 0 Å². The minimum absolute atomic E-state index is 0.275. The first-order valence-electron chi connectivity index (χ1n) is 5.93. The summed E-state index contributed by atoms with van der Waals surface area (Å²) in [5.74, 6) is 0. The van der Waals surface area contributed by atoms with Crippen molar-refractivity contribution in [2.75, 3.05) is 7.05 Å². The van der Waals surface area contributed by atoms with Gasteiger partial charge in [0.05, 0.1) is 6.04 Å². The lowest BCUT2D eigenvalue weighted by Crippen LogP contribution is -2.18. The van der Waals surface area contributed by atoms with E-state index < -0.39 is 0 Å². The van der Waals surface area contributed by atoms with Crippen LogP contribution in [-0.2, 0) is 0 Å². The number of benzene rings is 2. The summed E-state index contributed by atoms with van der Waals surface area (Å²) in [6.45, 7) is 0. The van der Waals surface area contributed by atoms with Crippen LogP contribution in [0.1, 0.15) is 28.3 Å². The summed E-state index contributed by atoms with van der Waals surface area (Å²) in [6.07, 6.45) is 4.40. The second-order valence-electron chi connectivity index (χ2n) is 4.31. The van der Waals surface area contributed by atoms with Gasteiger partial charge in [-0.1, -0.05) is 60.7 Å². The van der Waals surface area contributed by atoms with E-state index in [4.69, 9.17) is 0 Å². The summed E-state index contributed by atoms with van der Waals surface area (Å²) in [7, 11) is 2.02. The van der Waals surface area contributed by atoms with E-state index in [9.17, 15) is 0 Å². The largest absolute Gasteiger partial charge is 0.309 e. The van der Waals surface area contributed by atoms with Crippen LogP contribution in [0.4, 0.5) is 0 Å². The minimum atomic E-state index is 0.275. The molecule has 0 bridgehead atoms. The Morgan fingerprint density at radius 3 is 1.71 bits per heavy atom. The Bertz CT molecular complexity index is 520. The van der Waals surface area contributed by atoms with Gasteiger partial charge in [-0.05, 0) is 29.3 Å². The lowest BCUT2D eigenvalue weighted by atomic mass is 9.94. The molecule has 0 spiro atoms. The first kappa shape index (κ1) is 10.3. The molecule has 0 saturated heterocycles. The van der Waals surface area contributed by atoms with Crippen molar-refractivity contribution in [3.63, 3.8) is 0 Å². The Labute approximate surface area is 102 Å². The monoisotopic (exact) mass is 221 g/mol. The molecule has 0 amide bonds. The zero-order valence-corrected chi connectivity index (χ0v) is 9.85. The Kier molecular flexibility index (Phi) is 2.54. The highest BCUT2D eigenvalue weighted by Crippen LogP contribution is 2.32. The molecule has 0 unspecified atom stereocenters. The van der Waals surface area contributed by atoms with Crippen molar-refractivity contribution >= 4 is 12.2 Å². The van der Waals surface area contributed by atoms with E-state index in [2.05, 4.69) is 66.0 Å². The Morgan fingerprint density at radius 2 is 1.24 bits per heavy atom. The van der Waals surface area contributed by atoms with Crippen LogP contribution in [0.25, 0.3) is 12.2 Å². The van der Waals surface area contributed by atoms with Gasteiger partial charge in [0.25, 0.3) is 0 Å². The zero-order chi connectivity index (χ0) is 11.7. The molecule has 17 heavy (non-hydrogen) atoms. The number of hydrogen-bond donors (Lipinski definition) is 1. The standard InChI is InChI=1S/C16H15N/c1-17-16-14-8-4-2-6-12(14)10-11-13-7-3-5-9-15(13)16/h2-11,16-17H,1H3. The molecule has 1 aliphatic carbocycles. The van der Waals surface area contributed by atoms with Crippen molar-refractivity contribution in [3.05, 3.63) is 70.8 Å². The third kappa shape index (κ3) is 1.69. The third-order valence-corrected chi connectivity index (χ3v) is 3.35. The second-order valence-corrected chi connectivity index (χ2v) is 4.31. The van der Waals surface area contributed by atoms with Crippen LogP contribution in [0.2, 0.25) is 0 Å². The van der Waals surface area contributed by atoms with Crippen LogP contribution in [0.3, 0.4) is 0 Å². The summed E-state index contributed by atoms with van der Waals surface area (Å²) < 4.78 is 0. The normalized spacial score (nSPS) is 13.9. The summed E-state index contributed by atoms with van der Waals surface area (Å²) in [6, 6.07) is 17.4. The van der Waals surface area contributed by atoms with E-state index in [0.717, 1.165) is 0 Å². The van der Waals surface area contributed by atoms with Crippen molar-refractivity contribution in [3.8, 4) is 0 Å². The molecule has 0 radical (unpaired) electrons. The molecule has 1 aliphatic rings. The van der Waals surface area contributed by atoms with Crippen LogP contribution in [0, 0.1) is 0 Å². The quantitative estimate of drug-likeness (QED) is 0.777. The maximum absolute atomic E-state index is 3.42. The molecule has 3 rings (SSSR count). The van der Waals surface area contributed by atoms with Gasteiger partial charge in [-0.25, -0.2) is 0 Å². The molecular weight excluding hydrogens is 206 g/mol. The smallest absolute Gasteiger partial charge is 0.0586 e. The summed E-state index contributed by atoms with van der Waals surface area (Å²) >= 11 is 0. The van der Waals surface area contributed by atoms with Gasteiger partial charge in [-0.15, -0.1) is 0 Å². The van der Waals surface area contributed by atoms with Crippen LogP contribution in [0.15, 0.2) is 48.5 Å². The first-order valence-corrected chi connectivity index (χ1v) is 5.93. The van der Waals surface area contributed by atoms with Gasteiger partial charge in [-0.3, -0.25) is 0 Å². The molecular formula is C16H15N. The van der Waals surface area contributed by atoms with Gasteiger partial charge in [0.2, 0.25) is 0 Å². The molecule has 2 aromatic rings. The van der Waals surface area contributed by atoms with Crippen LogP contribution < -0.4 is 5.32 Å². The lowest BCUT2D eigenvalue weighted by Gasteiger charge is -2.19. The van der Waals surface area contributed by atoms with Crippen molar-refractivity contribution < 1.29 is 0 Å². The van der Waals surface area contributed by atoms with E-state index >= 15 is 0 Å². The van der Waals surface area contributed by atoms with E-state index in [1.54, 1.807) is 0 Å². The Balaban J connectivity index is 2.25. The minimum Gasteiger partial charge on any atom is -0.309 e. The molecule has 0 aliphatic heterocycles. The van der Waals surface area contributed by atoms with Crippen molar-refractivity contribution in [1.29, 1.82) is 0 Å². The molecule has 0 fully saturated rings.